The Hall–Kier alpha value is -0.920. The Kier molecular flexibility index (Phi) is 1.31. The second-order valence-electron chi connectivity index (χ2n) is 4.98. The van der Waals surface area contributed by atoms with Crippen LogP contribution in [0.4, 0.5) is 0 Å². The van der Waals surface area contributed by atoms with Crippen LogP contribution >= 0.6 is 0 Å². The molecule has 2 heteroatoms. The van der Waals surface area contributed by atoms with E-state index in [9.17, 15) is 9.59 Å². The molecule has 0 spiro atoms. The van der Waals surface area contributed by atoms with Crippen LogP contribution in [0, 0.1) is 10.8 Å². The van der Waals surface area contributed by atoms with E-state index in [1.807, 2.05) is 0 Å². The van der Waals surface area contributed by atoms with E-state index >= 15 is 0 Å². The molecule has 0 radical (unpaired) electrons. The van der Waals surface area contributed by atoms with Crippen LogP contribution in [0.15, 0.2) is 12.2 Å². The van der Waals surface area contributed by atoms with Crippen LogP contribution in [0.5, 0.6) is 0 Å². The lowest BCUT2D eigenvalue weighted by Gasteiger charge is -2.31. The predicted molar refractivity (Wildman–Crippen MR) is 51.7 cm³/mol. The Morgan fingerprint density at radius 1 is 0.929 bits per heavy atom. The number of rotatable bonds is 0. The smallest absolute Gasteiger partial charge is 0.151 e. The van der Waals surface area contributed by atoms with Crippen molar-refractivity contribution in [1.82, 2.24) is 0 Å². The highest BCUT2D eigenvalue weighted by atomic mass is 16.2. The van der Waals surface area contributed by atoms with Crippen LogP contribution in [-0.4, -0.2) is 11.6 Å². The first-order valence-corrected chi connectivity index (χ1v) is 5.38. The molecule has 0 heterocycles. The van der Waals surface area contributed by atoms with E-state index in [0.717, 1.165) is 31.3 Å². The van der Waals surface area contributed by atoms with Crippen molar-refractivity contribution < 1.29 is 9.59 Å². The van der Waals surface area contributed by atoms with Gasteiger partial charge in [-0.05, 0) is 31.1 Å². The van der Waals surface area contributed by atoms with Gasteiger partial charge in [-0.15, -0.1) is 0 Å². The van der Waals surface area contributed by atoms with Crippen LogP contribution in [0.25, 0.3) is 0 Å². The average Bonchev–Trinajstić information content (AvgIpc) is 2.71. The molecule has 0 saturated heterocycles. The highest BCUT2D eigenvalue weighted by molar-refractivity contribution is 6.14. The standard InChI is InChI=1S/C12H14O2/c1-8-2-5-11-6-3-9(13)12(8,11)10(14)4-7-11/h1-7H2. The van der Waals surface area contributed by atoms with Crippen molar-refractivity contribution in [3.8, 4) is 0 Å². The fourth-order valence-electron chi connectivity index (χ4n) is 4.11. The van der Waals surface area contributed by atoms with Gasteiger partial charge in [-0.2, -0.15) is 0 Å². The van der Waals surface area contributed by atoms with Gasteiger partial charge in [-0.3, -0.25) is 9.59 Å². The summed E-state index contributed by atoms with van der Waals surface area (Å²) in [7, 11) is 0. The molecular weight excluding hydrogens is 176 g/mol. The van der Waals surface area contributed by atoms with Gasteiger partial charge in [-0.25, -0.2) is 0 Å². The van der Waals surface area contributed by atoms with E-state index in [1.54, 1.807) is 0 Å². The van der Waals surface area contributed by atoms with Gasteiger partial charge in [0.25, 0.3) is 0 Å². The summed E-state index contributed by atoms with van der Waals surface area (Å²) in [6.45, 7) is 3.98. The summed E-state index contributed by atoms with van der Waals surface area (Å²) in [6.07, 6.45) is 4.96. The van der Waals surface area contributed by atoms with E-state index in [1.165, 1.54) is 0 Å². The van der Waals surface area contributed by atoms with Crippen molar-refractivity contribution in [3.63, 3.8) is 0 Å². The summed E-state index contributed by atoms with van der Waals surface area (Å²) < 4.78 is 0. The van der Waals surface area contributed by atoms with Crippen LogP contribution in [0.2, 0.25) is 0 Å². The highest BCUT2D eigenvalue weighted by Crippen LogP contribution is 2.69. The first kappa shape index (κ1) is 8.39. The van der Waals surface area contributed by atoms with Gasteiger partial charge in [0.05, 0.1) is 0 Å². The molecule has 3 saturated carbocycles. The summed E-state index contributed by atoms with van der Waals surface area (Å²) in [4.78, 5) is 24.0. The Labute approximate surface area is 83.4 Å². The monoisotopic (exact) mass is 190 g/mol. The third-order valence-corrected chi connectivity index (χ3v) is 4.73. The van der Waals surface area contributed by atoms with E-state index < -0.39 is 5.41 Å². The summed E-state index contributed by atoms with van der Waals surface area (Å²) in [6, 6.07) is 0. The molecule has 0 aromatic heterocycles. The molecule has 14 heavy (non-hydrogen) atoms. The minimum Gasteiger partial charge on any atom is -0.298 e. The Balaban J connectivity index is 2.28. The number of hydrogen-bond acceptors (Lipinski definition) is 2. The first-order chi connectivity index (χ1) is 6.63. The Bertz CT molecular complexity index is 311. The van der Waals surface area contributed by atoms with Gasteiger partial charge in [0.15, 0.2) is 11.6 Å². The molecule has 3 aliphatic carbocycles. The molecule has 74 valence electrons. The maximum Gasteiger partial charge on any atom is 0.151 e. The summed E-state index contributed by atoms with van der Waals surface area (Å²) in [5, 5.41) is 0. The van der Waals surface area contributed by atoms with Crippen molar-refractivity contribution in [3.05, 3.63) is 12.2 Å². The molecule has 3 rings (SSSR count). The second kappa shape index (κ2) is 2.18. The quantitative estimate of drug-likeness (QED) is 0.432. The highest BCUT2D eigenvalue weighted by Gasteiger charge is 2.70. The van der Waals surface area contributed by atoms with Gasteiger partial charge in [0.2, 0.25) is 0 Å². The molecule has 0 N–H and O–H groups in total. The zero-order valence-electron chi connectivity index (χ0n) is 8.27. The first-order valence-electron chi connectivity index (χ1n) is 5.38. The van der Waals surface area contributed by atoms with Gasteiger partial charge in [-0.1, -0.05) is 12.2 Å². The lowest BCUT2D eigenvalue weighted by molar-refractivity contribution is -0.136. The van der Waals surface area contributed by atoms with Crippen LogP contribution < -0.4 is 0 Å². The van der Waals surface area contributed by atoms with Crippen molar-refractivity contribution in [2.45, 2.75) is 38.5 Å². The molecule has 3 aliphatic rings. The fraction of sp³-hybridized carbons (Fsp3) is 0.667. The average molecular weight is 190 g/mol. The normalized spacial score (nSPS) is 45.9. The van der Waals surface area contributed by atoms with E-state index in [-0.39, 0.29) is 17.0 Å². The third-order valence-electron chi connectivity index (χ3n) is 4.73. The third kappa shape index (κ3) is 0.579. The zero-order chi connectivity index (χ0) is 9.97. The SMILES string of the molecule is C=C1CCC23CCC(=O)C12C(=O)CC3. The van der Waals surface area contributed by atoms with E-state index in [2.05, 4.69) is 6.58 Å². The van der Waals surface area contributed by atoms with Crippen molar-refractivity contribution in [2.24, 2.45) is 10.8 Å². The molecule has 3 fully saturated rings. The topological polar surface area (TPSA) is 34.1 Å². The number of allylic oxidation sites excluding steroid dienone is 1. The Morgan fingerprint density at radius 3 is 1.93 bits per heavy atom. The predicted octanol–water partition coefficient (Wildman–Crippen LogP) is 2.04. The molecule has 2 nitrogen and oxygen atoms in total. The van der Waals surface area contributed by atoms with Crippen molar-refractivity contribution in [2.75, 3.05) is 0 Å². The lowest BCUT2D eigenvalue weighted by atomic mass is 9.68. The van der Waals surface area contributed by atoms with Crippen molar-refractivity contribution in [1.29, 1.82) is 0 Å². The van der Waals surface area contributed by atoms with Crippen LogP contribution in [0.3, 0.4) is 0 Å². The van der Waals surface area contributed by atoms with E-state index in [0.29, 0.717) is 12.8 Å². The van der Waals surface area contributed by atoms with Crippen molar-refractivity contribution >= 4 is 11.6 Å². The van der Waals surface area contributed by atoms with Gasteiger partial charge < -0.3 is 0 Å². The van der Waals surface area contributed by atoms with E-state index in [4.69, 9.17) is 0 Å². The van der Waals surface area contributed by atoms with Gasteiger partial charge in [0, 0.05) is 12.8 Å². The minimum atomic E-state index is -0.701. The largest absolute Gasteiger partial charge is 0.298 e. The maximum absolute atomic E-state index is 12.0. The molecular formula is C12H14O2. The van der Waals surface area contributed by atoms with Crippen LogP contribution in [-0.2, 0) is 9.59 Å². The van der Waals surface area contributed by atoms with Gasteiger partial charge >= 0.3 is 0 Å². The summed E-state index contributed by atoms with van der Waals surface area (Å²) >= 11 is 0. The lowest BCUT2D eigenvalue weighted by Crippen LogP contribution is -2.39. The molecule has 0 aromatic carbocycles. The molecule has 0 amide bonds. The number of carbonyl (C=O) groups excluding carboxylic acids is 2. The number of ketones is 2. The molecule has 0 aromatic rings. The maximum atomic E-state index is 12.0. The second-order valence-corrected chi connectivity index (χ2v) is 4.98. The minimum absolute atomic E-state index is 0.0122. The molecule has 0 bridgehead atoms. The number of carbonyl (C=O) groups is 2. The molecule has 0 atom stereocenters. The fourth-order valence-corrected chi connectivity index (χ4v) is 4.11. The zero-order valence-corrected chi connectivity index (χ0v) is 8.27. The number of Topliss-reactive ketones (excluding diaryl/α,β-unsaturated/α-hetero) is 2. The molecule has 0 aliphatic heterocycles. The molecule has 0 unspecified atom stereocenters. The summed E-state index contributed by atoms with van der Waals surface area (Å²) in [5.74, 6) is 0.338. The van der Waals surface area contributed by atoms with Crippen LogP contribution in [0.1, 0.15) is 38.5 Å². The summed E-state index contributed by atoms with van der Waals surface area (Å²) in [5.41, 5.74) is 0.230. The van der Waals surface area contributed by atoms with Gasteiger partial charge in [0.1, 0.15) is 5.41 Å². The Morgan fingerprint density at radius 2 is 1.43 bits per heavy atom. The number of hydrogen-bond donors (Lipinski definition) is 0.